The van der Waals surface area contributed by atoms with Gasteiger partial charge >= 0.3 is 0 Å². The quantitative estimate of drug-likeness (QED) is 0.0543. The molecule has 406 valence electrons. The number of aromatic amines is 1. The van der Waals surface area contributed by atoms with Crippen LogP contribution in [-0.2, 0) is 44.6 Å². The molecule has 4 aliphatic rings. The van der Waals surface area contributed by atoms with Crippen LogP contribution < -0.4 is 16.0 Å². The zero-order chi connectivity index (χ0) is 53.5. The Morgan fingerprint density at radius 2 is 1.48 bits per heavy atom. The monoisotopic (exact) mass is 1050 g/mol. The second kappa shape index (κ2) is 27.6. The second-order valence-corrected chi connectivity index (χ2v) is 21.0. The number of carbonyl (C=O) groups is 3. The number of nitrogens with one attached hydrogen (secondary N) is 4. The van der Waals surface area contributed by atoms with E-state index in [0.29, 0.717) is 57.8 Å². The van der Waals surface area contributed by atoms with Gasteiger partial charge in [-0.2, -0.15) is 10.2 Å². The lowest BCUT2D eigenvalue weighted by molar-refractivity contribution is -0.144. The van der Waals surface area contributed by atoms with Gasteiger partial charge in [0.05, 0.1) is 68.8 Å². The van der Waals surface area contributed by atoms with Crippen molar-refractivity contribution < 1.29 is 43.2 Å². The van der Waals surface area contributed by atoms with Crippen molar-refractivity contribution in [3.05, 3.63) is 98.5 Å². The van der Waals surface area contributed by atoms with Gasteiger partial charge in [0, 0.05) is 91.7 Å². The fraction of sp³-hybridized carbons (Fsp3) is 0.554. The fourth-order valence-electron chi connectivity index (χ4n) is 9.62. The molecule has 0 saturated carbocycles. The number of aromatic nitrogens is 1. The number of nitrogens with zero attached hydrogens (tertiary/aromatic N) is 5. The standard InChI is InChI=1S/C56H76ClN9O9/c1-35-36(2)61-52-48(35)50(41-14-16-42(57)17-15-41)62-45(51-49(52)38(4)64-65-51)32-58-19-8-21-71-24-25-72-22-9-23-73-26-27-74-28-29-75-34-47(68)63-53(56(5,6)7)55(70)66-33-43(67)30-46(66)54(69)60-31-39-10-12-40(13-11-39)44-18-20-59-37(44)3/h10-17,20,43,45-46,49,53,58,61,67H,8-9,18-19,21-34H2,1-7H3,(H,60,69)(H,63,68)/t43-,45?,46+,49?,53?/m1/s1. The summed E-state index contributed by atoms with van der Waals surface area (Å²) < 4.78 is 28.3. The van der Waals surface area contributed by atoms with Crippen LogP contribution in [0, 0.1) is 19.3 Å². The maximum Gasteiger partial charge on any atom is 0.246 e. The summed E-state index contributed by atoms with van der Waals surface area (Å²) in [5.74, 6) is -1.31. The summed E-state index contributed by atoms with van der Waals surface area (Å²) in [6.45, 7) is 19.0. The highest BCUT2D eigenvalue weighted by Gasteiger charge is 2.45. The molecule has 19 heteroatoms. The van der Waals surface area contributed by atoms with E-state index in [1.807, 2.05) is 89.4 Å². The van der Waals surface area contributed by atoms with Crippen molar-refractivity contribution in [1.29, 1.82) is 0 Å². The zero-order valence-corrected chi connectivity index (χ0v) is 45.4. The van der Waals surface area contributed by atoms with Crippen LogP contribution in [0.4, 0.5) is 0 Å². The average Bonchev–Trinajstić information content (AvgIpc) is 4.17. The summed E-state index contributed by atoms with van der Waals surface area (Å²) >= 11 is 6.26. The third-order valence-corrected chi connectivity index (χ3v) is 14.1. The van der Waals surface area contributed by atoms with Crippen molar-refractivity contribution in [3.63, 3.8) is 0 Å². The van der Waals surface area contributed by atoms with E-state index >= 15 is 0 Å². The largest absolute Gasteiger partial charge is 0.391 e. The number of likely N-dealkylation sites (tertiary alicyclic amines) is 1. The van der Waals surface area contributed by atoms with Crippen molar-refractivity contribution in [3.8, 4) is 0 Å². The number of H-pyrrole nitrogens is 1. The van der Waals surface area contributed by atoms with E-state index in [4.69, 9.17) is 40.3 Å². The van der Waals surface area contributed by atoms with Gasteiger partial charge in [0.15, 0.2) is 0 Å². The number of hydrogen-bond acceptors (Lipinski definition) is 14. The number of ether oxygens (including phenoxy) is 5. The first-order chi connectivity index (χ1) is 36.1. The number of hydrogen-bond donors (Lipinski definition) is 5. The molecule has 5 N–H and O–H groups in total. The number of aliphatic imine (C=N–C) groups is 2. The molecule has 1 aromatic heterocycles. The summed E-state index contributed by atoms with van der Waals surface area (Å²) in [6.07, 6.45) is 3.51. The highest BCUT2D eigenvalue weighted by molar-refractivity contribution is 6.31. The fourth-order valence-corrected chi connectivity index (χ4v) is 9.75. The number of aliphatic hydroxyl groups is 1. The third-order valence-electron chi connectivity index (χ3n) is 13.8. The van der Waals surface area contributed by atoms with E-state index in [0.717, 1.165) is 82.3 Å². The van der Waals surface area contributed by atoms with E-state index in [1.54, 1.807) is 0 Å². The molecule has 18 nitrogen and oxygen atoms in total. The normalized spacial score (nSPS) is 19.6. The van der Waals surface area contributed by atoms with E-state index in [2.05, 4.69) is 50.0 Å². The maximum atomic E-state index is 13.9. The second-order valence-electron chi connectivity index (χ2n) is 20.5. The first kappa shape index (κ1) is 57.3. The van der Waals surface area contributed by atoms with Gasteiger partial charge < -0.3 is 54.6 Å². The molecular formula is C56H76ClN9O9. The number of aryl methyl sites for hydroxylation is 1. The van der Waals surface area contributed by atoms with Crippen LogP contribution in [0.1, 0.15) is 105 Å². The molecule has 0 aliphatic carbocycles. The predicted octanol–water partition coefficient (Wildman–Crippen LogP) is 5.89. The van der Waals surface area contributed by atoms with Crippen LogP contribution in [0.3, 0.4) is 0 Å². The van der Waals surface area contributed by atoms with Crippen LogP contribution in [0.25, 0.3) is 5.57 Å². The van der Waals surface area contributed by atoms with Gasteiger partial charge in [-0.3, -0.25) is 24.4 Å². The molecule has 3 amide bonds. The molecule has 3 aromatic rings. The van der Waals surface area contributed by atoms with Crippen molar-refractivity contribution >= 4 is 58.2 Å². The summed E-state index contributed by atoms with van der Waals surface area (Å²) in [7, 11) is 0. The topological polar surface area (TPSA) is 222 Å². The van der Waals surface area contributed by atoms with Crippen LogP contribution in [-0.4, -0.2) is 166 Å². The number of allylic oxidation sites excluding steroid dienone is 2. The SMILES string of the molecule is CC1=NN=C2C(CNCCCOCCOCCCOCCOCCOCC(=O)NC(C(=O)N3C[C@H](O)C[C@H]3C(=O)NCc3ccc(C4=C(C)N=CC4)cc3)C(C)(C)C)N=C(c3ccc(Cl)cc3)c3c([nH]c(C)c3C)C12. The van der Waals surface area contributed by atoms with E-state index in [9.17, 15) is 19.5 Å². The average molecular weight is 1050 g/mol. The summed E-state index contributed by atoms with van der Waals surface area (Å²) in [5, 5.41) is 29.7. The molecule has 0 spiro atoms. The van der Waals surface area contributed by atoms with Gasteiger partial charge in [-0.05, 0) is 86.9 Å². The highest BCUT2D eigenvalue weighted by atomic mass is 35.5. The molecular weight excluding hydrogens is 978 g/mol. The summed E-state index contributed by atoms with van der Waals surface area (Å²) in [6, 6.07) is 13.8. The molecule has 7 rings (SSSR count). The lowest BCUT2D eigenvalue weighted by atomic mass is 9.85. The molecule has 0 radical (unpaired) electrons. The van der Waals surface area contributed by atoms with Gasteiger partial charge in [0.2, 0.25) is 17.7 Å². The molecule has 3 unspecified atom stereocenters. The minimum atomic E-state index is -0.956. The predicted molar refractivity (Wildman–Crippen MR) is 292 cm³/mol. The Hall–Kier alpha value is -5.44. The van der Waals surface area contributed by atoms with Gasteiger partial charge in [-0.25, -0.2) is 0 Å². The Morgan fingerprint density at radius 1 is 0.840 bits per heavy atom. The first-order valence-corrected chi connectivity index (χ1v) is 26.6. The molecule has 0 bridgehead atoms. The molecule has 2 aromatic carbocycles. The number of carbonyl (C=O) groups excluding carboxylic acids is 3. The molecule has 75 heavy (non-hydrogen) atoms. The van der Waals surface area contributed by atoms with Gasteiger partial charge in [-0.1, -0.05) is 68.8 Å². The molecule has 5 atom stereocenters. The Labute approximate surface area is 446 Å². The highest BCUT2D eigenvalue weighted by Crippen LogP contribution is 2.36. The number of amides is 3. The maximum absolute atomic E-state index is 13.9. The first-order valence-electron chi connectivity index (χ1n) is 26.2. The van der Waals surface area contributed by atoms with E-state index in [1.165, 1.54) is 16.0 Å². The van der Waals surface area contributed by atoms with Gasteiger partial charge in [0.1, 0.15) is 24.7 Å². The Balaban J connectivity index is 0.694. The number of β-amino-alcohol motifs (C(OH)–C–C–N with tert-alkyl or cyclic N) is 1. The van der Waals surface area contributed by atoms with Crippen molar-refractivity contribution in [2.24, 2.45) is 25.6 Å². The molecule has 5 heterocycles. The van der Waals surface area contributed by atoms with Gasteiger partial charge in [0.25, 0.3) is 0 Å². The summed E-state index contributed by atoms with van der Waals surface area (Å²) in [5.41, 5.74) is 11.8. The zero-order valence-electron chi connectivity index (χ0n) is 44.6. The number of fused-ring (bicyclic) bond motifs is 3. The Kier molecular flexibility index (Phi) is 21.0. The minimum absolute atomic E-state index is 0.00964. The lowest BCUT2D eigenvalue weighted by Gasteiger charge is -2.35. The van der Waals surface area contributed by atoms with Crippen LogP contribution in [0.15, 0.2) is 74.4 Å². The van der Waals surface area contributed by atoms with Crippen LogP contribution >= 0.6 is 11.6 Å². The van der Waals surface area contributed by atoms with Crippen molar-refractivity contribution in [2.45, 2.75) is 111 Å². The van der Waals surface area contributed by atoms with Crippen molar-refractivity contribution in [2.75, 3.05) is 85.7 Å². The van der Waals surface area contributed by atoms with E-state index < -0.39 is 35.4 Å². The smallest absolute Gasteiger partial charge is 0.246 e. The summed E-state index contributed by atoms with van der Waals surface area (Å²) in [4.78, 5) is 55.0. The molecule has 1 saturated heterocycles. The van der Waals surface area contributed by atoms with Crippen LogP contribution in [0.5, 0.6) is 0 Å². The Morgan fingerprint density at radius 3 is 2.13 bits per heavy atom. The third kappa shape index (κ3) is 15.6. The number of halogens is 1. The minimum Gasteiger partial charge on any atom is -0.391 e. The number of aliphatic hydroxyl groups excluding tert-OH is 1. The van der Waals surface area contributed by atoms with E-state index in [-0.39, 0.29) is 57.2 Å². The number of benzene rings is 2. The molecule has 1 fully saturated rings. The number of rotatable bonds is 28. The van der Waals surface area contributed by atoms with Crippen molar-refractivity contribution in [1.82, 2.24) is 25.8 Å². The lowest BCUT2D eigenvalue weighted by Crippen LogP contribution is -2.58. The molecule has 4 aliphatic heterocycles. The Bertz CT molecular complexity index is 2590. The van der Waals surface area contributed by atoms with Crippen LogP contribution in [0.2, 0.25) is 5.02 Å². The van der Waals surface area contributed by atoms with Gasteiger partial charge in [-0.15, -0.1) is 0 Å².